The number of aromatic amines is 1. The number of fused-ring (bicyclic) bond motifs is 1. The lowest BCUT2D eigenvalue weighted by atomic mass is 10.3. The minimum atomic E-state index is 0.691. The molecule has 2 aromatic heterocycles. The van der Waals surface area contributed by atoms with E-state index in [1.807, 2.05) is 24.3 Å². The van der Waals surface area contributed by atoms with E-state index in [1.54, 1.807) is 16.9 Å². The molecule has 3 aromatic rings. The van der Waals surface area contributed by atoms with Gasteiger partial charge in [-0.3, -0.25) is 0 Å². The van der Waals surface area contributed by atoms with E-state index in [0.29, 0.717) is 5.95 Å². The van der Waals surface area contributed by atoms with Crippen molar-refractivity contribution in [3.05, 3.63) is 42.7 Å². The summed E-state index contributed by atoms with van der Waals surface area (Å²) in [7, 11) is 0. The van der Waals surface area contributed by atoms with E-state index < -0.39 is 0 Å². The predicted octanol–water partition coefficient (Wildman–Crippen LogP) is 1.55. The van der Waals surface area contributed by atoms with Crippen molar-refractivity contribution in [2.24, 2.45) is 0 Å². The summed E-state index contributed by atoms with van der Waals surface area (Å²) < 4.78 is 1.58. The van der Waals surface area contributed by atoms with Crippen molar-refractivity contribution in [3.8, 4) is 5.95 Å². The van der Waals surface area contributed by atoms with Crippen molar-refractivity contribution in [1.29, 1.82) is 0 Å². The molecule has 0 bridgehead atoms. The topological polar surface area (TPSA) is 46.5 Å². The van der Waals surface area contributed by atoms with Gasteiger partial charge in [-0.2, -0.15) is 9.78 Å². The first-order chi connectivity index (χ1) is 6.93. The molecule has 3 rings (SSSR count). The molecule has 0 aliphatic carbocycles. The van der Waals surface area contributed by atoms with Gasteiger partial charge in [0.15, 0.2) is 0 Å². The molecule has 2 heterocycles. The Hall–Kier alpha value is -2.10. The number of aromatic nitrogens is 4. The third-order valence-corrected chi connectivity index (χ3v) is 2.03. The maximum absolute atomic E-state index is 4.37. The van der Waals surface area contributed by atoms with Crippen molar-refractivity contribution in [3.63, 3.8) is 0 Å². The first-order valence-corrected chi connectivity index (χ1v) is 4.30. The van der Waals surface area contributed by atoms with Crippen LogP contribution in [0.4, 0.5) is 0 Å². The molecule has 67 valence electrons. The van der Waals surface area contributed by atoms with Crippen molar-refractivity contribution in [2.45, 2.75) is 0 Å². The molecule has 0 amide bonds. The molecule has 1 radical (unpaired) electrons. The zero-order valence-corrected chi connectivity index (χ0v) is 7.31. The molecule has 14 heavy (non-hydrogen) atoms. The standard InChI is InChI=1S/C10H7N4/c1-2-5-9-8(4-1)12-10(13-9)14-7-3-6-11-14/h1-6H,(H,12,13). The highest BCUT2D eigenvalue weighted by molar-refractivity contribution is 5.75. The van der Waals surface area contributed by atoms with Crippen LogP contribution in [0.3, 0.4) is 0 Å². The van der Waals surface area contributed by atoms with Gasteiger partial charge < -0.3 is 4.98 Å². The number of rotatable bonds is 1. The first-order valence-electron chi connectivity index (χ1n) is 4.30. The van der Waals surface area contributed by atoms with Crippen LogP contribution in [0.2, 0.25) is 0 Å². The molecular weight excluding hydrogens is 176 g/mol. The van der Waals surface area contributed by atoms with Crippen molar-refractivity contribution in [2.75, 3.05) is 0 Å². The van der Waals surface area contributed by atoms with E-state index in [0.717, 1.165) is 11.0 Å². The summed E-state index contributed by atoms with van der Waals surface area (Å²) in [6, 6.07) is 9.61. The summed E-state index contributed by atoms with van der Waals surface area (Å²) in [5.74, 6) is 0.691. The zero-order valence-electron chi connectivity index (χ0n) is 7.31. The molecule has 0 spiro atoms. The molecule has 0 aliphatic rings. The second-order valence-electron chi connectivity index (χ2n) is 2.95. The number of H-pyrrole nitrogens is 1. The summed E-state index contributed by atoms with van der Waals surface area (Å²) in [4.78, 5) is 7.52. The monoisotopic (exact) mass is 183 g/mol. The lowest BCUT2D eigenvalue weighted by Gasteiger charge is -1.90. The Bertz CT molecular complexity index is 517. The van der Waals surface area contributed by atoms with E-state index in [1.165, 1.54) is 0 Å². The SMILES string of the molecule is [c]1ccnn1-c1nc2ccccc2[nH]1. The molecule has 4 heteroatoms. The quantitative estimate of drug-likeness (QED) is 0.622. The van der Waals surface area contributed by atoms with E-state index in [-0.39, 0.29) is 0 Å². The zero-order chi connectivity index (χ0) is 9.38. The fraction of sp³-hybridized carbons (Fsp3) is 0. The van der Waals surface area contributed by atoms with E-state index in [9.17, 15) is 0 Å². The molecule has 0 fully saturated rings. The van der Waals surface area contributed by atoms with Gasteiger partial charge in [0.2, 0.25) is 5.95 Å². The number of para-hydroxylation sites is 2. The van der Waals surface area contributed by atoms with Crippen molar-refractivity contribution < 1.29 is 0 Å². The Morgan fingerprint density at radius 3 is 3.00 bits per heavy atom. The van der Waals surface area contributed by atoms with E-state index in [2.05, 4.69) is 21.3 Å². The maximum Gasteiger partial charge on any atom is 0.229 e. The molecule has 0 aliphatic heterocycles. The lowest BCUT2D eigenvalue weighted by Crippen LogP contribution is -1.96. The molecule has 0 unspecified atom stereocenters. The predicted molar refractivity (Wildman–Crippen MR) is 52.1 cm³/mol. The normalized spacial score (nSPS) is 10.9. The minimum absolute atomic E-state index is 0.691. The van der Waals surface area contributed by atoms with Gasteiger partial charge >= 0.3 is 0 Å². The summed E-state index contributed by atoms with van der Waals surface area (Å²) >= 11 is 0. The van der Waals surface area contributed by atoms with Crippen LogP contribution in [-0.2, 0) is 0 Å². The minimum Gasteiger partial charge on any atom is -0.322 e. The summed E-state index contributed by atoms with van der Waals surface area (Å²) in [5, 5.41) is 4.05. The van der Waals surface area contributed by atoms with Gasteiger partial charge in [0.1, 0.15) is 0 Å². The van der Waals surface area contributed by atoms with Crippen LogP contribution in [0.1, 0.15) is 0 Å². The van der Waals surface area contributed by atoms with Gasteiger partial charge in [0.25, 0.3) is 0 Å². The Kier molecular flexibility index (Phi) is 1.41. The van der Waals surface area contributed by atoms with Crippen LogP contribution >= 0.6 is 0 Å². The molecule has 0 atom stereocenters. The highest BCUT2D eigenvalue weighted by atomic mass is 15.3. The largest absolute Gasteiger partial charge is 0.322 e. The highest BCUT2D eigenvalue weighted by Gasteiger charge is 2.02. The van der Waals surface area contributed by atoms with E-state index in [4.69, 9.17) is 0 Å². The van der Waals surface area contributed by atoms with Crippen molar-refractivity contribution in [1.82, 2.24) is 19.7 Å². The smallest absolute Gasteiger partial charge is 0.229 e. The number of nitrogens with zero attached hydrogens (tertiary/aromatic N) is 3. The molecule has 4 nitrogen and oxygen atoms in total. The first kappa shape index (κ1) is 7.32. The van der Waals surface area contributed by atoms with Crippen LogP contribution in [0.5, 0.6) is 0 Å². The van der Waals surface area contributed by atoms with Crippen LogP contribution < -0.4 is 0 Å². The number of nitrogens with one attached hydrogen (secondary N) is 1. The van der Waals surface area contributed by atoms with Gasteiger partial charge in [0, 0.05) is 0 Å². The number of hydrogen-bond acceptors (Lipinski definition) is 2. The second-order valence-corrected chi connectivity index (χ2v) is 2.95. The van der Waals surface area contributed by atoms with Crippen LogP contribution in [-0.4, -0.2) is 19.7 Å². The average Bonchev–Trinajstić information content (AvgIpc) is 2.86. The fourth-order valence-corrected chi connectivity index (χ4v) is 1.39. The van der Waals surface area contributed by atoms with Crippen molar-refractivity contribution >= 4 is 11.0 Å². The van der Waals surface area contributed by atoms with E-state index >= 15 is 0 Å². The van der Waals surface area contributed by atoms with Gasteiger partial charge in [-0.15, -0.1) is 0 Å². The highest BCUT2D eigenvalue weighted by Crippen LogP contribution is 2.11. The molecule has 1 N–H and O–H groups in total. The second kappa shape index (κ2) is 2.70. The third kappa shape index (κ3) is 1.01. The summed E-state index contributed by atoms with van der Waals surface area (Å²) in [6.07, 6.45) is 4.60. The fourth-order valence-electron chi connectivity index (χ4n) is 1.39. The summed E-state index contributed by atoms with van der Waals surface area (Å²) in [5.41, 5.74) is 1.94. The van der Waals surface area contributed by atoms with Crippen LogP contribution in [0.25, 0.3) is 17.0 Å². The lowest BCUT2D eigenvalue weighted by molar-refractivity contribution is 0.823. The van der Waals surface area contributed by atoms with Gasteiger partial charge in [-0.1, -0.05) is 12.1 Å². The van der Waals surface area contributed by atoms with Crippen LogP contribution in [0, 0.1) is 6.20 Å². The van der Waals surface area contributed by atoms with Crippen LogP contribution in [0.15, 0.2) is 36.5 Å². The van der Waals surface area contributed by atoms with Gasteiger partial charge in [-0.25, -0.2) is 4.98 Å². The summed E-state index contributed by atoms with van der Waals surface area (Å²) in [6.45, 7) is 0. The van der Waals surface area contributed by atoms with Gasteiger partial charge in [-0.05, 0) is 18.2 Å². The third-order valence-electron chi connectivity index (χ3n) is 2.03. The number of hydrogen-bond donors (Lipinski definition) is 1. The van der Waals surface area contributed by atoms with Gasteiger partial charge in [0.05, 0.1) is 23.4 Å². The molecular formula is C10H7N4. The Labute approximate surface area is 80.2 Å². The average molecular weight is 183 g/mol. The number of imidazole rings is 1. The Balaban J connectivity index is 2.24. The molecule has 0 saturated carbocycles. The Morgan fingerprint density at radius 1 is 1.29 bits per heavy atom. The molecule has 0 saturated heterocycles. The number of benzene rings is 1. The molecule has 1 aromatic carbocycles. The Morgan fingerprint density at radius 2 is 2.21 bits per heavy atom. The maximum atomic E-state index is 4.37.